The molecule has 0 aliphatic carbocycles. The molecule has 0 radical (unpaired) electrons. The molecule has 1 aliphatic rings. The standard InChI is InChI=1S/C26H20ClNO7/c1-13-4-9-18(34-13)22-21(24(30)26(31)28(22)16-5-7-17(32-2)8-6-16)23(29)19-11-14-10-15(27)12-20(33-3)25(14)35-19/h4-12,22,30H,1-3H3. The molecule has 1 aliphatic heterocycles. The highest BCUT2D eigenvalue weighted by molar-refractivity contribution is 6.31. The van der Waals surface area contributed by atoms with Crippen molar-refractivity contribution in [2.75, 3.05) is 19.1 Å². The molecule has 9 heteroatoms. The summed E-state index contributed by atoms with van der Waals surface area (Å²) in [5.41, 5.74) is 0.605. The summed E-state index contributed by atoms with van der Waals surface area (Å²) >= 11 is 6.15. The Morgan fingerprint density at radius 1 is 1.03 bits per heavy atom. The van der Waals surface area contributed by atoms with Crippen LogP contribution in [-0.4, -0.2) is 31.0 Å². The minimum atomic E-state index is -1.02. The average Bonchev–Trinajstić information content (AvgIpc) is 3.54. The number of ketones is 1. The molecule has 3 heterocycles. The number of Topliss-reactive ketones (excluding diaryl/α,β-unsaturated/α-hetero) is 1. The highest BCUT2D eigenvalue weighted by atomic mass is 35.5. The first-order valence-electron chi connectivity index (χ1n) is 10.6. The van der Waals surface area contributed by atoms with Crippen molar-refractivity contribution in [3.63, 3.8) is 0 Å². The monoisotopic (exact) mass is 493 g/mol. The van der Waals surface area contributed by atoms with Crippen LogP contribution in [0.4, 0.5) is 5.69 Å². The van der Waals surface area contributed by atoms with Gasteiger partial charge in [-0.25, -0.2) is 0 Å². The van der Waals surface area contributed by atoms with Crippen LogP contribution in [-0.2, 0) is 4.79 Å². The number of hydrogen-bond acceptors (Lipinski definition) is 7. The molecule has 0 spiro atoms. The van der Waals surface area contributed by atoms with Crippen LogP contribution in [0.1, 0.15) is 28.1 Å². The van der Waals surface area contributed by atoms with Crippen molar-refractivity contribution in [3.8, 4) is 11.5 Å². The number of furan rings is 2. The fraction of sp³-hybridized carbons (Fsp3) is 0.154. The number of carbonyl (C=O) groups is 2. The van der Waals surface area contributed by atoms with Crippen LogP contribution in [0.2, 0.25) is 5.02 Å². The van der Waals surface area contributed by atoms with Crippen LogP contribution in [0.25, 0.3) is 11.0 Å². The molecule has 35 heavy (non-hydrogen) atoms. The molecule has 1 amide bonds. The zero-order valence-corrected chi connectivity index (χ0v) is 19.8. The molecular weight excluding hydrogens is 474 g/mol. The van der Waals surface area contributed by atoms with Gasteiger partial charge in [0.2, 0.25) is 5.78 Å². The number of ether oxygens (including phenoxy) is 2. The van der Waals surface area contributed by atoms with E-state index in [0.717, 1.165) is 0 Å². The Morgan fingerprint density at radius 3 is 2.40 bits per heavy atom. The molecule has 178 valence electrons. The molecule has 2 aromatic heterocycles. The van der Waals surface area contributed by atoms with Gasteiger partial charge < -0.3 is 23.4 Å². The van der Waals surface area contributed by atoms with Gasteiger partial charge in [-0.3, -0.25) is 14.5 Å². The molecule has 8 nitrogen and oxygen atoms in total. The first kappa shape index (κ1) is 22.6. The van der Waals surface area contributed by atoms with Crippen molar-refractivity contribution in [2.45, 2.75) is 13.0 Å². The van der Waals surface area contributed by atoms with E-state index in [2.05, 4.69) is 0 Å². The summed E-state index contributed by atoms with van der Waals surface area (Å²) in [6.07, 6.45) is 0. The van der Waals surface area contributed by atoms with E-state index in [1.165, 1.54) is 25.2 Å². The van der Waals surface area contributed by atoms with Crippen LogP contribution in [0, 0.1) is 6.92 Å². The number of rotatable bonds is 6. The smallest absolute Gasteiger partial charge is 0.294 e. The third-order valence-electron chi connectivity index (χ3n) is 5.82. The van der Waals surface area contributed by atoms with Crippen LogP contribution >= 0.6 is 11.6 Å². The lowest BCUT2D eigenvalue weighted by Crippen LogP contribution is -2.30. The Labute approximate surface area is 204 Å². The third kappa shape index (κ3) is 3.72. The van der Waals surface area contributed by atoms with Gasteiger partial charge >= 0.3 is 0 Å². The van der Waals surface area contributed by atoms with E-state index in [1.807, 2.05) is 0 Å². The number of benzene rings is 2. The van der Waals surface area contributed by atoms with Gasteiger partial charge in [0.05, 0.1) is 19.8 Å². The lowest BCUT2D eigenvalue weighted by Gasteiger charge is -2.25. The maximum absolute atomic E-state index is 13.7. The van der Waals surface area contributed by atoms with Gasteiger partial charge in [-0.1, -0.05) is 11.6 Å². The number of aliphatic hydroxyl groups is 1. The molecule has 1 unspecified atom stereocenters. The summed E-state index contributed by atoms with van der Waals surface area (Å²) in [7, 11) is 2.99. The minimum Gasteiger partial charge on any atom is -0.503 e. The molecular formula is C26H20ClNO7. The quantitative estimate of drug-likeness (QED) is 0.339. The van der Waals surface area contributed by atoms with Gasteiger partial charge in [-0.05, 0) is 55.5 Å². The minimum absolute atomic E-state index is 0.0835. The molecule has 0 fully saturated rings. The maximum Gasteiger partial charge on any atom is 0.294 e. The number of carbonyl (C=O) groups excluding carboxylic acids is 2. The Balaban J connectivity index is 1.64. The molecule has 0 saturated carbocycles. The van der Waals surface area contributed by atoms with E-state index in [-0.39, 0.29) is 11.3 Å². The van der Waals surface area contributed by atoms with Crippen molar-refractivity contribution in [1.29, 1.82) is 0 Å². The summed E-state index contributed by atoms with van der Waals surface area (Å²) in [6, 6.07) is 13.7. The van der Waals surface area contributed by atoms with E-state index in [0.29, 0.717) is 44.7 Å². The van der Waals surface area contributed by atoms with E-state index >= 15 is 0 Å². The highest BCUT2D eigenvalue weighted by Crippen LogP contribution is 2.43. The van der Waals surface area contributed by atoms with Gasteiger partial charge in [-0.15, -0.1) is 0 Å². The zero-order chi connectivity index (χ0) is 24.9. The second-order valence-electron chi connectivity index (χ2n) is 7.95. The second kappa shape index (κ2) is 8.56. The molecule has 1 atom stereocenters. The van der Waals surface area contributed by atoms with Crippen LogP contribution in [0.5, 0.6) is 11.5 Å². The Morgan fingerprint density at radius 2 is 1.77 bits per heavy atom. The van der Waals surface area contributed by atoms with E-state index in [9.17, 15) is 14.7 Å². The molecule has 1 N–H and O–H groups in total. The van der Waals surface area contributed by atoms with Crippen molar-refractivity contribution in [1.82, 2.24) is 0 Å². The summed E-state index contributed by atoms with van der Waals surface area (Å²) in [5.74, 6) is -0.330. The predicted molar refractivity (Wildman–Crippen MR) is 128 cm³/mol. The topological polar surface area (TPSA) is 102 Å². The lowest BCUT2D eigenvalue weighted by atomic mass is 9.99. The first-order chi connectivity index (χ1) is 16.8. The Bertz CT molecular complexity index is 1500. The van der Waals surface area contributed by atoms with Gasteiger partial charge in [-0.2, -0.15) is 0 Å². The van der Waals surface area contributed by atoms with Crippen molar-refractivity contribution < 1.29 is 33.0 Å². The number of methoxy groups -OCH3 is 2. The van der Waals surface area contributed by atoms with Crippen molar-refractivity contribution >= 4 is 39.9 Å². The number of aliphatic hydroxyl groups excluding tert-OH is 1. The number of anilines is 1. The van der Waals surface area contributed by atoms with Gasteiger partial charge in [0.25, 0.3) is 5.91 Å². The number of fused-ring (bicyclic) bond motifs is 1. The zero-order valence-electron chi connectivity index (χ0n) is 19.0. The second-order valence-corrected chi connectivity index (χ2v) is 8.39. The van der Waals surface area contributed by atoms with Gasteiger partial charge in [0.15, 0.2) is 22.9 Å². The maximum atomic E-state index is 13.7. The summed E-state index contributed by atoms with van der Waals surface area (Å²) < 4.78 is 22.1. The molecule has 4 aromatic rings. The SMILES string of the molecule is COc1ccc(N2C(=O)C(O)=C(C(=O)c3cc4cc(Cl)cc(OC)c4o3)C2c2ccc(C)o2)cc1. The number of amides is 1. The lowest BCUT2D eigenvalue weighted by molar-refractivity contribution is -0.117. The number of nitrogens with zero attached hydrogens (tertiary/aromatic N) is 1. The van der Waals surface area contributed by atoms with Crippen LogP contribution in [0.15, 0.2) is 74.8 Å². The summed E-state index contributed by atoms with van der Waals surface area (Å²) in [5, 5.41) is 11.8. The highest BCUT2D eigenvalue weighted by Gasteiger charge is 2.47. The number of halogens is 1. The fourth-order valence-corrected chi connectivity index (χ4v) is 4.41. The predicted octanol–water partition coefficient (Wildman–Crippen LogP) is 5.79. The van der Waals surface area contributed by atoms with Crippen LogP contribution < -0.4 is 14.4 Å². The number of hydrogen-bond donors (Lipinski definition) is 1. The van der Waals surface area contributed by atoms with Crippen LogP contribution in [0.3, 0.4) is 0 Å². The Hall–Kier alpha value is -4.17. The number of aryl methyl sites for hydroxylation is 1. The largest absolute Gasteiger partial charge is 0.503 e. The average molecular weight is 494 g/mol. The molecule has 0 saturated heterocycles. The normalized spacial score (nSPS) is 15.8. The Kier molecular flexibility index (Phi) is 5.53. The third-order valence-corrected chi connectivity index (χ3v) is 6.04. The van der Waals surface area contributed by atoms with E-state index in [4.69, 9.17) is 29.9 Å². The summed E-state index contributed by atoms with van der Waals surface area (Å²) in [4.78, 5) is 28.2. The van der Waals surface area contributed by atoms with E-state index < -0.39 is 23.5 Å². The van der Waals surface area contributed by atoms with Crippen molar-refractivity contribution in [2.24, 2.45) is 0 Å². The first-order valence-corrected chi connectivity index (χ1v) is 11.0. The molecule has 5 rings (SSSR count). The molecule has 2 aromatic carbocycles. The fourth-order valence-electron chi connectivity index (χ4n) is 4.20. The van der Waals surface area contributed by atoms with Crippen molar-refractivity contribution in [3.05, 3.63) is 88.2 Å². The molecule has 0 bridgehead atoms. The van der Waals surface area contributed by atoms with E-state index in [1.54, 1.807) is 55.5 Å². The van der Waals surface area contributed by atoms with Gasteiger partial charge in [0.1, 0.15) is 23.3 Å². The summed E-state index contributed by atoms with van der Waals surface area (Å²) in [6.45, 7) is 1.75. The van der Waals surface area contributed by atoms with Gasteiger partial charge in [0, 0.05) is 22.2 Å².